The minimum absolute atomic E-state index is 0.0772. The van der Waals surface area contributed by atoms with Crippen LogP contribution in [0.5, 0.6) is 0 Å². The van der Waals surface area contributed by atoms with Gasteiger partial charge in [-0.05, 0) is 34.6 Å². The van der Waals surface area contributed by atoms with E-state index < -0.39 is 5.60 Å². The zero-order valence-corrected chi connectivity index (χ0v) is 14.9. The van der Waals surface area contributed by atoms with Crippen LogP contribution in [-0.4, -0.2) is 57.2 Å². The quantitative estimate of drug-likeness (QED) is 0.710. The molecule has 7 heteroatoms. The van der Waals surface area contributed by atoms with Crippen LogP contribution in [0.3, 0.4) is 0 Å². The van der Waals surface area contributed by atoms with Crippen molar-refractivity contribution in [3.8, 4) is 0 Å². The monoisotopic (exact) mass is 326 g/mol. The molecule has 1 aromatic heterocycles. The van der Waals surface area contributed by atoms with Crippen LogP contribution in [0.1, 0.15) is 40.2 Å². The van der Waals surface area contributed by atoms with E-state index in [0.29, 0.717) is 26.2 Å². The smallest absolute Gasteiger partial charge is 0.410 e. The summed E-state index contributed by atoms with van der Waals surface area (Å²) in [5, 5.41) is 16.3. The van der Waals surface area contributed by atoms with Gasteiger partial charge in [-0.25, -0.2) is 4.79 Å². The maximum Gasteiger partial charge on any atom is 0.410 e. The zero-order chi connectivity index (χ0) is 17.5. The van der Waals surface area contributed by atoms with E-state index in [1.165, 1.54) is 0 Å². The lowest BCUT2D eigenvalue weighted by atomic mass is 10.2. The Labute approximate surface area is 138 Å². The maximum absolute atomic E-state index is 12.2. The Hall–Kier alpha value is -1.60. The third kappa shape index (κ3) is 7.47. The molecule has 0 spiro atoms. The summed E-state index contributed by atoms with van der Waals surface area (Å²) in [7, 11) is 0. The SMILES string of the molecule is CC(C)N(CCNCc1cnn(CCO)c1)C(=O)OC(C)(C)C. The molecule has 0 bridgehead atoms. The molecule has 1 rings (SSSR count). The van der Waals surface area contributed by atoms with Crippen molar-refractivity contribution in [1.82, 2.24) is 20.0 Å². The fraction of sp³-hybridized carbons (Fsp3) is 0.750. The van der Waals surface area contributed by atoms with Crippen LogP contribution in [0.4, 0.5) is 4.79 Å². The van der Waals surface area contributed by atoms with Crippen LogP contribution in [0.25, 0.3) is 0 Å². The number of aliphatic hydroxyl groups excluding tert-OH is 1. The van der Waals surface area contributed by atoms with Crippen molar-refractivity contribution in [3.63, 3.8) is 0 Å². The summed E-state index contributed by atoms with van der Waals surface area (Å²) < 4.78 is 7.14. The molecule has 0 fully saturated rings. The van der Waals surface area contributed by atoms with E-state index in [1.54, 1.807) is 15.8 Å². The van der Waals surface area contributed by atoms with E-state index in [4.69, 9.17) is 9.84 Å². The van der Waals surface area contributed by atoms with Crippen LogP contribution < -0.4 is 5.32 Å². The summed E-state index contributed by atoms with van der Waals surface area (Å²) >= 11 is 0. The van der Waals surface area contributed by atoms with Crippen LogP contribution in [-0.2, 0) is 17.8 Å². The number of carbonyl (C=O) groups excluding carboxylic acids is 1. The number of carbonyl (C=O) groups is 1. The molecule has 1 amide bonds. The molecular weight excluding hydrogens is 296 g/mol. The molecule has 0 aliphatic rings. The fourth-order valence-electron chi connectivity index (χ4n) is 2.04. The van der Waals surface area contributed by atoms with Crippen LogP contribution in [0, 0.1) is 0 Å². The minimum atomic E-state index is -0.487. The first-order valence-electron chi connectivity index (χ1n) is 8.05. The number of rotatable bonds is 8. The topological polar surface area (TPSA) is 79.6 Å². The molecule has 0 aliphatic carbocycles. The number of aliphatic hydroxyl groups is 1. The molecular formula is C16H30N4O3. The first kappa shape index (κ1) is 19.4. The van der Waals surface area contributed by atoms with Crippen molar-refractivity contribution in [2.75, 3.05) is 19.7 Å². The Bertz CT molecular complexity index is 480. The Balaban J connectivity index is 2.39. The van der Waals surface area contributed by atoms with Gasteiger partial charge in [0.1, 0.15) is 5.60 Å². The van der Waals surface area contributed by atoms with E-state index in [0.717, 1.165) is 5.56 Å². The average molecular weight is 326 g/mol. The standard InChI is InChI=1S/C16H30N4O3/c1-13(2)20(15(22)23-16(3,4)5)7-6-17-10-14-11-18-19(12-14)8-9-21/h11-13,17,21H,6-10H2,1-5H3. The van der Waals surface area contributed by atoms with E-state index in [1.807, 2.05) is 40.8 Å². The molecule has 0 aliphatic heterocycles. The number of hydrogen-bond donors (Lipinski definition) is 2. The lowest BCUT2D eigenvalue weighted by Crippen LogP contribution is -2.44. The van der Waals surface area contributed by atoms with Crippen molar-refractivity contribution >= 4 is 6.09 Å². The first-order chi connectivity index (χ1) is 10.7. The maximum atomic E-state index is 12.2. The number of ether oxygens (including phenoxy) is 1. The highest BCUT2D eigenvalue weighted by Crippen LogP contribution is 2.11. The second-order valence-corrected chi connectivity index (χ2v) is 6.78. The molecule has 1 aromatic rings. The second kappa shape index (κ2) is 8.88. The summed E-state index contributed by atoms with van der Waals surface area (Å²) in [6, 6.07) is 0.0824. The van der Waals surface area contributed by atoms with Crippen molar-refractivity contribution in [1.29, 1.82) is 0 Å². The van der Waals surface area contributed by atoms with Gasteiger partial charge in [0.05, 0.1) is 19.3 Å². The number of nitrogens with one attached hydrogen (secondary N) is 1. The molecule has 0 saturated heterocycles. The molecule has 0 radical (unpaired) electrons. The third-order valence-electron chi connectivity index (χ3n) is 3.13. The molecule has 132 valence electrons. The third-order valence-corrected chi connectivity index (χ3v) is 3.13. The van der Waals surface area contributed by atoms with Crippen molar-refractivity contribution in [2.45, 2.75) is 59.4 Å². The van der Waals surface area contributed by atoms with Gasteiger partial charge in [0, 0.05) is 37.4 Å². The Morgan fingerprint density at radius 3 is 2.74 bits per heavy atom. The molecule has 23 heavy (non-hydrogen) atoms. The zero-order valence-electron chi connectivity index (χ0n) is 14.9. The Morgan fingerprint density at radius 1 is 1.48 bits per heavy atom. The van der Waals surface area contributed by atoms with Crippen molar-refractivity contribution in [3.05, 3.63) is 18.0 Å². The highest BCUT2D eigenvalue weighted by molar-refractivity contribution is 5.68. The summed E-state index contributed by atoms with van der Waals surface area (Å²) in [6.45, 7) is 12.0. The van der Waals surface area contributed by atoms with Crippen LogP contribution in [0.15, 0.2) is 12.4 Å². The van der Waals surface area contributed by atoms with Crippen LogP contribution in [0.2, 0.25) is 0 Å². The largest absolute Gasteiger partial charge is 0.444 e. The van der Waals surface area contributed by atoms with Gasteiger partial charge in [0.15, 0.2) is 0 Å². The average Bonchev–Trinajstić information content (AvgIpc) is 2.84. The number of amides is 1. The normalized spacial score (nSPS) is 11.8. The highest BCUT2D eigenvalue weighted by Gasteiger charge is 2.23. The number of aromatic nitrogens is 2. The molecule has 0 saturated carbocycles. The van der Waals surface area contributed by atoms with E-state index >= 15 is 0 Å². The molecule has 0 aromatic carbocycles. The highest BCUT2D eigenvalue weighted by atomic mass is 16.6. The van der Waals surface area contributed by atoms with Gasteiger partial charge >= 0.3 is 6.09 Å². The predicted molar refractivity (Wildman–Crippen MR) is 89.1 cm³/mol. The summed E-state index contributed by atoms with van der Waals surface area (Å²) in [6.07, 6.45) is 3.39. The molecule has 0 atom stereocenters. The number of nitrogens with zero attached hydrogens (tertiary/aromatic N) is 3. The molecule has 0 unspecified atom stereocenters. The van der Waals surface area contributed by atoms with Gasteiger partial charge in [-0.2, -0.15) is 5.10 Å². The first-order valence-corrected chi connectivity index (χ1v) is 8.05. The van der Waals surface area contributed by atoms with Gasteiger partial charge < -0.3 is 20.1 Å². The molecule has 2 N–H and O–H groups in total. The van der Waals surface area contributed by atoms with E-state index in [9.17, 15) is 4.79 Å². The lowest BCUT2D eigenvalue weighted by Gasteiger charge is -2.30. The fourth-order valence-corrected chi connectivity index (χ4v) is 2.04. The predicted octanol–water partition coefficient (Wildman–Crippen LogP) is 1.61. The minimum Gasteiger partial charge on any atom is -0.444 e. The van der Waals surface area contributed by atoms with Gasteiger partial charge in [-0.15, -0.1) is 0 Å². The Kier molecular flexibility index (Phi) is 7.51. The summed E-state index contributed by atoms with van der Waals surface area (Å²) in [5.41, 5.74) is 0.561. The molecule has 7 nitrogen and oxygen atoms in total. The Morgan fingerprint density at radius 2 is 2.17 bits per heavy atom. The van der Waals surface area contributed by atoms with Gasteiger partial charge in [-0.3, -0.25) is 4.68 Å². The van der Waals surface area contributed by atoms with Crippen LogP contribution >= 0.6 is 0 Å². The van der Waals surface area contributed by atoms with Crippen molar-refractivity contribution in [2.24, 2.45) is 0 Å². The van der Waals surface area contributed by atoms with E-state index in [-0.39, 0.29) is 18.7 Å². The lowest BCUT2D eigenvalue weighted by molar-refractivity contribution is 0.0193. The number of hydrogen-bond acceptors (Lipinski definition) is 5. The van der Waals surface area contributed by atoms with Gasteiger partial charge in [0.25, 0.3) is 0 Å². The second-order valence-electron chi connectivity index (χ2n) is 6.78. The summed E-state index contributed by atoms with van der Waals surface area (Å²) in [5.74, 6) is 0. The summed E-state index contributed by atoms with van der Waals surface area (Å²) in [4.78, 5) is 13.9. The van der Waals surface area contributed by atoms with Gasteiger partial charge in [0.2, 0.25) is 0 Å². The van der Waals surface area contributed by atoms with E-state index in [2.05, 4.69) is 10.4 Å². The van der Waals surface area contributed by atoms with Gasteiger partial charge in [-0.1, -0.05) is 0 Å². The molecule has 1 heterocycles. The van der Waals surface area contributed by atoms with Crippen molar-refractivity contribution < 1.29 is 14.6 Å².